The highest BCUT2D eigenvalue weighted by atomic mass is 16.7. The number of aromatic nitrogens is 1. The SMILES string of the molecule is O[C@@H]1CN(Cc2ccc3ccccc3n2)CC[C@H]1c1ccc2c(c1)OCO2. The first-order chi connectivity index (χ1) is 13.3. The fraction of sp³-hybridized carbons (Fsp3) is 0.318. The molecule has 1 N–H and O–H groups in total. The molecule has 0 amide bonds. The minimum absolute atomic E-state index is 0.125. The van der Waals surface area contributed by atoms with Crippen LogP contribution in [0.5, 0.6) is 11.5 Å². The number of piperidine rings is 1. The Bertz CT molecular complexity index is 975. The highest BCUT2D eigenvalue weighted by molar-refractivity contribution is 5.78. The Kier molecular flexibility index (Phi) is 4.19. The molecule has 2 aliphatic heterocycles. The second kappa shape index (κ2) is 6.83. The average Bonchev–Trinajstić information content (AvgIpc) is 3.16. The minimum Gasteiger partial charge on any atom is -0.454 e. The van der Waals surface area contributed by atoms with E-state index in [1.165, 1.54) is 0 Å². The Labute approximate surface area is 158 Å². The number of aliphatic hydroxyl groups is 1. The highest BCUT2D eigenvalue weighted by Gasteiger charge is 2.30. The van der Waals surface area contributed by atoms with Gasteiger partial charge in [0, 0.05) is 24.4 Å². The Morgan fingerprint density at radius 3 is 2.85 bits per heavy atom. The van der Waals surface area contributed by atoms with E-state index in [4.69, 9.17) is 14.5 Å². The molecule has 3 heterocycles. The molecule has 5 heteroatoms. The number of para-hydroxylation sites is 1. The van der Waals surface area contributed by atoms with Gasteiger partial charge in [-0.3, -0.25) is 9.88 Å². The van der Waals surface area contributed by atoms with Crippen molar-refractivity contribution in [2.45, 2.75) is 25.0 Å². The van der Waals surface area contributed by atoms with E-state index in [1.54, 1.807) is 0 Å². The van der Waals surface area contributed by atoms with Crippen molar-refractivity contribution in [3.05, 3.63) is 65.9 Å². The van der Waals surface area contributed by atoms with Gasteiger partial charge in [-0.05, 0) is 42.8 Å². The number of aliphatic hydroxyl groups excluding tert-OH is 1. The van der Waals surface area contributed by atoms with Gasteiger partial charge in [0.15, 0.2) is 11.5 Å². The number of fused-ring (bicyclic) bond motifs is 2. The number of pyridine rings is 1. The first-order valence-electron chi connectivity index (χ1n) is 9.41. The number of rotatable bonds is 3. The minimum atomic E-state index is -0.403. The molecule has 27 heavy (non-hydrogen) atoms. The Morgan fingerprint density at radius 1 is 1.04 bits per heavy atom. The van der Waals surface area contributed by atoms with Gasteiger partial charge >= 0.3 is 0 Å². The lowest BCUT2D eigenvalue weighted by atomic mass is 9.87. The van der Waals surface area contributed by atoms with E-state index in [0.29, 0.717) is 6.54 Å². The summed E-state index contributed by atoms with van der Waals surface area (Å²) in [5, 5.41) is 11.9. The third-order valence-corrected chi connectivity index (χ3v) is 5.53. The van der Waals surface area contributed by atoms with Crippen LogP contribution in [0.1, 0.15) is 23.6 Å². The summed E-state index contributed by atoms with van der Waals surface area (Å²) >= 11 is 0. The molecule has 1 aromatic heterocycles. The van der Waals surface area contributed by atoms with Gasteiger partial charge < -0.3 is 14.6 Å². The predicted molar refractivity (Wildman–Crippen MR) is 103 cm³/mol. The van der Waals surface area contributed by atoms with Crippen LogP contribution in [0.2, 0.25) is 0 Å². The molecule has 5 nitrogen and oxygen atoms in total. The lowest BCUT2D eigenvalue weighted by Gasteiger charge is -2.36. The largest absolute Gasteiger partial charge is 0.454 e. The molecule has 1 saturated heterocycles. The smallest absolute Gasteiger partial charge is 0.231 e. The van der Waals surface area contributed by atoms with Gasteiger partial charge in [0.05, 0.1) is 17.3 Å². The number of hydrogen-bond acceptors (Lipinski definition) is 5. The molecule has 5 rings (SSSR count). The van der Waals surface area contributed by atoms with Crippen LogP contribution in [0.15, 0.2) is 54.6 Å². The number of β-amino-alcohol motifs (C(OH)–C–C–N with tert-alkyl or cyclic N) is 1. The van der Waals surface area contributed by atoms with Crippen LogP contribution in [-0.2, 0) is 6.54 Å². The monoisotopic (exact) mass is 362 g/mol. The quantitative estimate of drug-likeness (QED) is 0.775. The van der Waals surface area contributed by atoms with E-state index in [2.05, 4.69) is 23.1 Å². The van der Waals surface area contributed by atoms with Crippen molar-refractivity contribution in [2.75, 3.05) is 19.9 Å². The van der Waals surface area contributed by atoms with Crippen LogP contribution in [0, 0.1) is 0 Å². The molecule has 0 saturated carbocycles. The Morgan fingerprint density at radius 2 is 1.93 bits per heavy atom. The fourth-order valence-corrected chi connectivity index (χ4v) is 4.10. The average molecular weight is 362 g/mol. The molecule has 0 aliphatic carbocycles. The predicted octanol–water partition coefficient (Wildman–Crippen LogP) is 3.31. The number of ether oxygens (including phenoxy) is 2. The molecule has 0 unspecified atom stereocenters. The van der Waals surface area contributed by atoms with E-state index in [9.17, 15) is 5.11 Å². The maximum atomic E-state index is 10.8. The normalized spacial score (nSPS) is 22.3. The maximum Gasteiger partial charge on any atom is 0.231 e. The zero-order valence-corrected chi connectivity index (χ0v) is 15.0. The van der Waals surface area contributed by atoms with Crippen LogP contribution in [0.3, 0.4) is 0 Å². The highest BCUT2D eigenvalue weighted by Crippen LogP contribution is 2.37. The van der Waals surface area contributed by atoms with E-state index in [1.807, 2.05) is 36.4 Å². The fourth-order valence-electron chi connectivity index (χ4n) is 4.10. The molecule has 3 aromatic rings. The van der Waals surface area contributed by atoms with Crippen molar-refractivity contribution in [1.29, 1.82) is 0 Å². The van der Waals surface area contributed by atoms with Gasteiger partial charge in [-0.2, -0.15) is 0 Å². The summed E-state index contributed by atoms with van der Waals surface area (Å²) in [5.41, 5.74) is 3.18. The van der Waals surface area contributed by atoms with Crippen molar-refractivity contribution in [1.82, 2.24) is 9.88 Å². The van der Waals surface area contributed by atoms with E-state index in [-0.39, 0.29) is 12.7 Å². The van der Waals surface area contributed by atoms with Crippen molar-refractivity contribution in [3.8, 4) is 11.5 Å². The molecule has 0 radical (unpaired) electrons. The first kappa shape index (κ1) is 16.5. The number of benzene rings is 2. The first-order valence-corrected chi connectivity index (χ1v) is 9.41. The summed E-state index contributed by atoms with van der Waals surface area (Å²) in [7, 11) is 0. The number of hydrogen-bond donors (Lipinski definition) is 1. The van der Waals surface area contributed by atoms with E-state index >= 15 is 0 Å². The molecule has 0 spiro atoms. The summed E-state index contributed by atoms with van der Waals surface area (Å²) in [6.45, 7) is 2.62. The van der Waals surface area contributed by atoms with Gasteiger partial charge in [-0.1, -0.05) is 30.3 Å². The van der Waals surface area contributed by atoms with Crippen LogP contribution in [-0.4, -0.2) is 41.0 Å². The third-order valence-electron chi connectivity index (χ3n) is 5.53. The second-order valence-corrected chi connectivity index (χ2v) is 7.31. The summed E-state index contributed by atoms with van der Waals surface area (Å²) in [5.74, 6) is 1.69. The summed E-state index contributed by atoms with van der Waals surface area (Å²) in [6, 6.07) is 18.4. The second-order valence-electron chi connectivity index (χ2n) is 7.31. The van der Waals surface area contributed by atoms with E-state index < -0.39 is 6.10 Å². The maximum absolute atomic E-state index is 10.8. The van der Waals surface area contributed by atoms with Gasteiger partial charge in [0.25, 0.3) is 0 Å². The van der Waals surface area contributed by atoms with Gasteiger partial charge in [-0.15, -0.1) is 0 Å². The summed E-state index contributed by atoms with van der Waals surface area (Å²) in [4.78, 5) is 7.04. The van der Waals surface area contributed by atoms with Crippen LogP contribution in [0.25, 0.3) is 10.9 Å². The summed E-state index contributed by atoms with van der Waals surface area (Å²) in [6.07, 6.45) is 0.508. The van der Waals surface area contributed by atoms with Crippen LogP contribution < -0.4 is 9.47 Å². The van der Waals surface area contributed by atoms with Crippen molar-refractivity contribution in [3.63, 3.8) is 0 Å². The summed E-state index contributed by atoms with van der Waals surface area (Å²) < 4.78 is 10.9. The molecule has 2 atom stereocenters. The number of likely N-dealkylation sites (tertiary alicyclic amines) is 1. The topological polar surface area (TPSA) is 54.8 Å². The third kappa shape index (κ3) is 3.24. The molecular weight excluding hydrogens is 340 g/mol. The van der Waals surface area contributed by atoms with Crippen molar-refractivity contribution in [2.24, 2.45) is 0 Å². The van der Waals surface area contributed by atoms with Crippen molar-refractivity contribution < 1.29 is 14.6 Å². The molecule has 0 bridgehead atoms. The van der Waals surface area contributed by atoms with Gasteiger partial charge in [0.1, 0.15) is 0 Å². The Balaban J connectivity index is 1.28. The van der Waals surface area contributed by atoms with Crippen molar-refractivity contribution >= 4 is 10.9 Å². The molecule has 138 valence electrons. The lowest BCUT2D eigenvalue weighted by Crippen LogP contribution is -2.42. The molecule has 1 fully saturated rings. The van der Waals surface area contributed by atoms with E-state index in [0.717, 1.165) is 53.2 Å². The molecule has 2 aromatic carbocycles. The Hall–Kier alpha value is -2.63. The zero-order chi connectivity index (χ0) is 18.2. The van der Waals surface area contributed by atoms with Gasteiger partial charge in [0.2, 0.25) is 6.79 Å². The molecule has 2 aliphatic rings. The van der Waals surface area contributed by atoms with Crippen LogP contribution in [0.4, 0.5) is 0 Å². The van der Waals surface area contributed by atoms with Crippen LogP contribution >= 0.6 is 0 Å². The standard InChI is InChI=1S/C22H22N2O3/c25-20-13-24(12-17-7-5-15-3-1-2-4-19(15)23-17)10-9-18(20)16-6-8-21-22(11-16)27-14-26-21/h1-8,11,18,20,25H,9-10,12-14H2/t18-,20+/m0/s1. The zero-order valence-electron chi connectivity index (χ0n) is 15.0. The van der Waals surface area contributed by atoms with Gasteiger partial charge in [-0.25, -0.2) is 0 Å². The molecular formula is C22H22N2O3. The lowest BCUT2D eigenvalue weighted by molar-refractivity contribution is 0.0471. The number of nitrogens with zero attached hydrogens (tertiary/aromatic N) is 2.